The van der Waals surface area contributed by atoms with Crippen LogP contribution in [0.15, 0.2) is 60.7 Å². The van der Waals surface area contributed by atoms with Crippen LogP contribution in [0.1, 0.15) is 47.5 Å². The van der Waals surface area contributed by atoms with Crippen molar-refractivity contribution in [2.24, 2.45) is 0 Å². The van der Waals surface area contributed by atoms with Crippen molar-refractivity contribution in [3.8, 4) is 0 Å². The number of rotatable bonds is 6. The van der Waals surface area contributed by atoms with E-state index in [1.165, 1.54) is 0 Å². The summed E-state index contributed by atoms with van der Waals surface area (Å²) in [6.45, 7) is 11.5. The highest BCUT2D eigenvalue weighted by atomic mass is 28.4. The van der Waals surface area contributed by atoms with Gasteiger partial charge in [0.2, 0.25) is 0 Å². The summed E-state index contributed by atoms with van der Waals surface area (Å²) in [5.74, 6) is 0. The number of carbonyl (C=O) groups excluding carboxylic acids is 1. The topological polar surface area (TPSA) is 59.0 Å². The van der Waals surface area contributed by atoms with E-state index in [0.717, 1.165) is 23.2 Å². The Hall–Kier alpha value is -2.15. The van der Waals surface area contributed by atoms with Gasteiger partial charge >= 0.3 is 6.09 Å². The first-order valence-corrected chi connectivity index (χ1v) is 13.4. The molecule has 0 spiro atoms. The number of nitrogens with zero attached hydrogens (tertiary/aromatic N) is 1. The fourth-order valence-electron chi connectivity index (χ4n) is 4.40. The number of amides is 1. The van der Waals surface area contributed by atoms with Crippen LogP contribution in [0.4, 0.5) is 4.79 Å². The number of morpholine rings is 1. The van der Waals surface area contributed by atoms with E-state index in [-0.39, 0.29) is 17.2 Å². The molecule has 1 N–H and O–H groups in total. The van der Waals surface area contributed by atoms with E-state index in [1.807, 2.05) is 81.4 Å². The molecule has 174 valence electrons. The average Bonchev–Trinajstić information content (AvgIpc) is 2.77. The Labute approximate surface area is 193 Å². The quantitative estimate of drug-likeness (QED) is 0.671. The fraction of sp³-hybridized carbons (Fsp3) is 0.500. The molecule has 0 radical (unpaired) electrons. The fourth-order valence-corrected chi connectivity index (χ4v) is 8.15. The average molecular weight is 456 g/mol. The molecule has 2 aromatic carbocycles. The minimum atomic E-state index is -3.05. The summed E-state index contributed by atoms with van der Waals surface area (Å²) >= 11 is 0. The van der Waals surface area contributed by atoms with Crippen molar-refractivity contribution in [3.05, 3.63) is 60.7 Å². The molecule has 6 heteroatoms. The van der Waals surface area contributed by atoms with Crippen molar-refractivity contribution in [2.75, 3.05) is 19.7 Å². The molecule has 0 aliphatic carbocycles. The second-order valence-electron chi connectivity index (χ2n) is 10.3. The van der Waals surface area contributed by atoms with Gasteiger partial charge in [-0.25, -0.2) is 4.79 Å². The van der Waals surface area contributed by atoms with E-state index in [4.69, 9.17) is 9.47 Å². The summed E-state index contributed by atoms with van der Waals surface area (Å²) in [6, 6.07) is 20.1. The second-order valence-corrected chi connectivity index (χ2v) is 14.2. The lowest BCUT2D eigenvalue weighted by atomic mass is 10.0. The maximum atomic E-state index is 12.5. The predicted molar refractivity (Wildman–Crippen MR) is 131 cm³/mol. The van der Waals surface area contributed by atoms with Crippen LogP contribution < -0.4 is 10.4 Å². The first-order chi connectivity index (χ1) is 15.0. The van der Waals surface area contributed by atoms with Crippen LogP contribution in [0.3, 0.4) is 0 Å². The molecular formula is C26H37NO4Si. The van der Waals surface area contributed by atoms with E-state index in [2.05, 4.69) is 13.8 Å². The Balaban J connectivity index is 1.75. The molecule has 0 unspecified atom stereocenters. The Kier molecular flexibility index (Phi) is 7.48. The summed E-state index contributed by atoms with van der Waals surface area (Å²) < 4.78 is 11.5. The molecule has 0 saturated carbocycles. The molecule has 2 aromatic rings. The van der Waals surface area contributed by atoms with Gasteiger partial charge in [-0.3, -0.25) is 0 Å². The standard InChI is InChI=1S/C26H37NO4Si/c1-25(2,3)31-24(28)27-18-19-30-21(20-27)16-17-26(4,5)32(29,22-12-8-6-9-13-22)23-14-10-7-11-15-23/h6-15,21,29H,16-20H2,1-5H3/t21-/m0/s1. The van der Waals surface area contributed by atoms with E-state index >= 15 is 0 Å². The van der Waals surface area contributed by atoms with E-state index in [9.17, 15) is 9.59 Å². The number of hydrogen-bond acceptors (Lipinski definition) is 4. The van der Waals surface area contributed by atoms with Gasteiger partial charge in [-0.15, -0.1) is 0 Å². The van der Waals surface area contributed by atoms with E-state index in [1.54, 1.807) is 4.90 Å². The molecule has 1 saturated heterocycles. The zero-order valence-corrected chi connectivity index (χ0v) is 21.0. The van der Waals surface area contributed by atoms with Gasteiger partial charge in [-0.05, 0) is 49.0 Å². The SMILES string of the molecule is CC(C)(C)OC(=O)N1CCO[C@@H](CCC(C)(C)[Si](O)(c2ccccc2)c2ccccc2)C1. The zero-order chi connectivity index (χ0) is 23.4. The van der Waals surface area contributed by atoms with Crippen molar-refractivity contribution < 1.29 is 19.1 Å². The second kappa shape index (κ2) is 9.77. The molecule has 0 aromatic heterocycles. The van der Waals surface area contributed by atoms with Gasteiger partial charge in [-0.2, -0.15) is 0 Å². The third-order valence-electron chi connectivity index (χ3n) is 6.24. The van der Waals surface area contributed by atoms with Crippen LogP contribution in [-0.4, -0.2) is 55.5 Å². The van der Waals surface area contributed by atoms with Gasteiger partial charge in [0, 0.05) is 6.54 Å². The number of hydrogen-bond donors (Lipinski definition) is 1. The highest BCUT2D eigenvalue weighted by molar-refractivity contribution is 6.98. The molecular weight excluding hydrogens is 418 g/mol. The molecule has 0 bridgehead atoms. The normalized spacial score (nSPS) is 17.8. The van der Waals surface area contributed by atoms with E-state index in [0.29, 0.717) is 19.7 Å². The number of carbonyl (C=O) groups is 1. The monoisotopic (exact) mass is 455 g/mol. The number of ether oxygens (including phenoxy) is 2. The molecule has 1 aliphatic heterocycles. The lowest BCUT2D eigenvalue weighted by Gasteiger charge is -2.42. The first-order valence-electron chi connectivity index (χ1n) is 11.5. The third kappa shape index (κ3) is 5.60. The highest BCUT2D eigenvalue weighted by Crippen LogP contribution is 2.40. The van der Waals surface area contributed by atoms with Crippen molar-refractivity contribution >= 4 is 24.8 Å². The number of benzene rings is 2. The Morgan fingerprint density at radius 1 is 1.03 bits per heavy atom. The molecule has 5 nitrogen and oxygen atoms in total. The van der Waals surface area contributed by atoms with Gasteiger partial charge in [0.15, 0.2) is 0 Å². The van der Waals surface area contributed by atoms with E-state index < -0.39 is 13.9 Å². The minimum absolute atomic E-state index is 0.0691. The van der Waals surface area contributed by atoms with Crippen LogP contribution in [-0.2, 0) is 9.47 Å². The van der Waals surface area contributed by atoms with Gasteiger partial charge in [0.05, 0.1) is 19.3 Å². The van der Waals surface area contributed by atoms with Crippen molar-refractivity contribution in [2.45, 2.75) is 64.2 Å². The van der Waals surface area contributed by atoms with Gasteiger partial charge in [-0.1, -0.05) is 74.5 Å². The summed E-state index contributed by atoms with van der Waals surface area (Å²) in [5.41, 5.74) is -0.514. The van der Waals surface area contributed by atoms with Crippen molar-refractivity contribution in [1.29, 1.82) is 0 Å². The van der Waals surface area contributed by atoms with Gasteiger partial charge in [0.25, 0.3) is 8.32 Å². The maximum Gasteiger partial charge on any atom is 0.410 e. The maximum absolute atomic E-state index is 12.5. The molecule has 1 amide bonds. The predicted octanol–water partition coefficient (Wildman–Crippen LogP) is 3.93. The highest BCUT2D eigenvalue weighted by Gasteiger charge is 2.49. The van der Waals surface area contributed by atoms with Crippen LogP contribution in [0.25, 0.3) is 0 Å². The Morgan fingerprint density at radius 2 is 1.56 bits per heavy atom. The van der Waals surface area contributed by atoms with Crippen LogP contribution >= 0.6 is 0 Å². The zero-order valence-electron chi connectivity index (χ0n) is 20.0. The summed E-state index contributed by atoms with van der Waals surface area (Å²) in [5, 5.41) is 1.68. The lowest BCUT2D eigenvalue weighted by molar-refractivity contribution is -0.0458. The van der Waals surface area contributed by atoms with Crippen LogP contribution in [0, 0.1) is 0 Å². The van der Waals surface area contributed by atoms with Gasteiger partial charge < -0.3 is 19.2 Å². The lowest BCUT2D eigenvalue weighted by Crippen LogP contribution is -2.65. The summed E-state index contributed by atoms with van der Waals surface area (Å²) in [6.07, 6.45) is 1.19. The molecule has 1 atom stereocenters. The molecule has 1 heterocycles. The molecule has 32 heavy (non-hydrogen) atoms. The van der Waals surface area contributed by atoms with Gasteiger partial charge in [0.1, 0.15) is 5.60 Å². The third-order valence-corrected chi connectivity index (χ3v) is 10.8. The van der Waals surface area contributed by atoms with Crippen molar-refractivity contribution in [1.82, 2.24) is 4.90 Å². The Bertz CT molecular complexity index is 840. The summed E-state index contributed by atoms with van der Waals surface area (Å²) in [7, 11) is -3.05. The van der Waals surface area contributed by atoms with Crippen LogP contribution in [0.2, 0.25) is 5.04 Å². The molecule has 3 rings (SSSR count). The molecule has 1 fully saturated rings. The van der Waals surface area contributed by atoms with Crippen molar-refractivity contribution in [3.63, 3.8) is 0 Å². The minimum Gasteiger partial charge on any atom is -0.444 e. The summed E-state index contributed by atoms with van der Waals surface area (Å²) in [4.78, 5) is 26.5. The van der Waals surface area contributed by atoms with Crippen LogP contribution in [0.5, 0.6) is 0 Å². The Morgan fingerprint density at radius 3 is 2.06 bits per heavy atom. The first kappa shape index (κ1) is 24.5. The largest absolute Gasteiger partial charge is 0.444 e. The molecule has 1 aliphatic rings. The smallest absolute Gasteiger partial charge is 0.410 e.